The standard InChI is InChI=1S/C26H34N6O5S/c1-26(2,3)37-25(34)32(38(27,35)36)14-17-12-18(13-22(17)33)31-11-10-20-23(28-15-29-24(20)31)30-21-9-8-16-6-4-5-7-19(16)21/h4-7,10-11,15,17-18,21-22,33H,8-9,12-14H2,1-3H3,(H2,27,35,36)(H,28,29,30)/t17-,18+,21-,22-/m0/s1. The Labute approximate surface area is 222 Å². The highest BCUT2D eigenvalue weighted by Crippen LogP contribution is 2.39. The van der Waals surface area contributed by atoms with Gasteiger partial charge in [0.15, 0.2) is 0 Å². The second kappa shape index (κ2) is 9.83. The number of aliphatic hydroxyl groups is 1. The largest absolute Gasteiger partial charge is 0.443 e. The van der Waals surface area contributed by atoms with Gasteiger partial charge in [-0.05, 0) is 63.6 Å². The van der Waals surface area contributed by atoms with Crippen LogP contribution < -0.4 is 10.5 Å². The number of rotatable bonds is 6. The molecule has 1 amide bonds. The summed E-state index contributed by atoms with van der Waals surface area (Å²) < 4.78 is 32.1. The number of fused-ring (bicyclic) bond motifs is 2. The van der Waals surface area contributed by atoms with Crippen LogP contribution in [0.4, 0.5) is 10.6 Å². The fourth-order valence-corrected chi connectivity index (χ4v) is 6.20. The third-order valence-electron chi connectivity index (χ3n) is 7.28. The van der Waals surface area contributed by atoms with Crippen LogP contribution >= 0.6 is 0 Å². The molecule has 12 heteroatoms. The molecular weight excluding hydrogens is 508 g/mol. The molecule has 5 rings (SSSR count). The Hall–Kier alpha value is -3.22. The zero-order chi connectivity index (χ0) is 27.2. The van der Waals surface area contributed by atoms with E-state index in [0.29, 0.717) is 17.1 Å². The summed E-state index contributed by atoms with van der Waals surface area (Å²) in [5.74, 6) is 0.230. The molecule has 0 radical (unpaired) electrons. The molecule has 38 heavy (non-hydrogen) atoms. The van der Waals surface area contributed by atoms with Gasteiger partial charge in [0.05, 0.1) is 17.5 Å². The molecule has 1 fully saturated rings. The van der Waals surface area contributed by atoms with Crippen LogP contribution in [0.25, 0.3) is 11.0 Å². The van der Waals surface area contributed by atoms with Gasteiger partial charge in [-0.25, -0.2) is 19.9 Å². The molecule has 11 nitrogen and oxygen atoms in total. The summed E-state index contributed by atoms with van der Waals surface area (Å²) in [5.41, 5.74) is 2.46. The number of carbonyl (C=O) groups excluding carboxylic acids is 1. The lowest BCUT2D eigenvalue weighted by molar-refractivity contribution is 0.0337. The van der Waals surface area contributed by atoms with E-state index < -0.39 is 33.9 Å². The number of aryl methyl sites for hydroxylation is 1. The Morgan fingerprint density at radius 2 is 2.00 bits per heavy atom. The summed E-state index contributed by atoms with van der Waals surface area (Å²) in [6, 6.07) is 10.4. The number of nitrogens with one attached hydrogen (secondary N) is 1. The first-order chi connectivity index (χ1) is 17.9. The quantitative estimate of drug-likeness (QED) is 0.429. The van der Waals surface area contributed by atoms with Crippen LogP contribution in [-0.4, -0.2) is 56.7 Å². The second-order valence-electron chi connectivity index (χ2n) is 11.1. The van der Waals surface area contributed by atoms with E-state index in [9.17, 15) is 18.3 Å². The Morgan fingerprint density at radius 1 is 1.24 bits per heavy atom. The summed E-state index contributed by atoms with van der Waals surface area (Å²) in [5, 5.41) is 20.6. The number of anilines is 1. The van der Waals surface area contributed by atoms with E-state index in [1.807, 2.05) is 22.9 Å². The molecule has 1 saturated carbocycles. The normalized spacial score (nSPS) is 23.4. The van der Waals surface area contributed by atoms with Crippen LogP contribution in [0, 0.1) is 5.92 Å². The maximum absolute atomic E-state index is 12.6. The molecule has 1 aromatic carbocycles. The first-order valence-corrected chi connectivity index (χ1v) is 14.3. The van der Waals surface area contributed by atoms with Gasteiger partial charge in [0.2, 0.25) is 0 Å². The van der Waals surface area contributed by atoms with Crippen molar-refractivity contribution in [2.45, 2.75) is 70.2 Å². The van der Waals surface area contributed by atoms with Crippen LogP contribution in [0.5, 0.6) is 0 Å². The van der Waals surface area contributed by atoms with Gasteiger partial charge in [0.25, 0.3) is 0 Å². The number of nitrogens with zero attached hydrogens (tertiary/aromatic N) is 4. The molecule has 0 spiro atoms. The SMILES string of the molecule is CC(C)(C)OC(=O)N(C[C@@H]1C[C@@H](n2ccc3c(N[C@H]4CCc5ccccc54)ncnc32)C[C@@H]1O)S(N)(=O)=O. The summed E-state index contributed by atoms with van der Waals surface area (Å²) in [4.78, 5) is 21.6. The highest BCUT2D eigenvalue weighted by atomic mass is 32.2. The molecular formula is C26H34N6O5S. The van der Waals surface area contributed by atoms with Gasteiger partial charge in [-0.3, -0.25) is 0 Å². The third kappa shape index (κ3) is 5.33. The lowest BCUT2D eigenvalue weighted by atomic mass is 10.1. The Morgan fingerprint density at radius 3 is 2.74 bits per heavy atom. The Bertz CT molecular complexity index is 1450. The van der Waals surface area contributed by atoms with Gasteiger partial charge in [0, 0.05) is 24.7 Å². The van der Waals surface area contributed by atoms with Crippen LogP contribution in [0.3, 0.4) is 0 Å². The average Bonchev–Trinajstić information content (AvgIpc) is 3.53. The number of ether oxygens (including phenoxy) is 1. The molecule has 204 valence electrons. The Balaban J connectivity index is 1.34. The van der Waals surface area contributed by atoms with Gasteiger partial charge in [-0.2, -0.15) is 12.7 Å². The van der Waals surface area contributed by atoms with Crippen molar-refractivity contribution in [3.63, 3.8) is 0 Å². The number of hydrogen-bond donors (Lipinski definition) is 3. The predicted molar refractivity (Wildman–Crippen MR) is 142 cm³/mol. The predicted octanol–water partition coefficient (Wildman–Crippen LogP) is 3.28. The molecule has 2 aromatic heterocycles. The topological polar surface area (TPSA) is 153 Å². The van der Waals surface area contributed by atoms with E-state index in [1.54, 1.807) is 20.8 Å². The van der Waals surface area contributed by atoms with Gasteiger partial charge in [0.1, 0.15) is 23.4 Å². The maximum atomic E-state index is 12.6. The van der Waals surface area contributed by atoms with Crippen molar-refractivity contribution in [2.24, 2.45) is 11.1 Å². The molecule has 4 N–H and O–H groups in total. The average molecular weight is 543 g/mol. The van der Waals surface area contributed by atoms with Crippen LogP contribution in [0.1, 0.15) is 63.2 Å². The number of nitrogens with two attached hydrogens (primary N) is 1. The van der Waals surface area contributed by atoms with Gasteiger partial charge >= 0.3 is 16.3 Å². The fourth-order valence-electron chi connectivity index (χ4n) is 5.56. The van der Waals surface area contributed by atoms with Crippen LogP contribution in [-0.2, 0) is 21.4 Å². The monoisotopic (exact) mass is 542 g/mol. The first-order valence-electron chi connectivity index (χ1n) is 12.8. The first kappa shape index (κ1) is 26.4. The van der Waals surface area contributed by atoms with Crippen molar-refractivity contribution in [1.29, 1.82) is 0 Å². The lowest BCUT2D eigenvalue weighted by Gasteiger charge is -2.28. The van der Waals surface area contributed by atoms with Crippen molar-refractivity contribution >= 4 is 33.2 Å². The molecule has 2 aliphatic rings. The molecule has 0 bridgehead atoms. The number of hydrogen-bond acceptors (Lipinski definition) is 8. The van der Waals surface area contributed by atoms with Crippen LogP contribution in [0.2, 0.25) is 0 Å². The summed E-state index contributed by atoms with van der Waals surface area (Å²) >= 11 is 0. The fraction of sp³-hybridized carbons (Fsp3) is 0.500. The van der Waals surface area contributed by atoms with Crippen molar-refractivity contribution in [1.82, 2.24) is 18.8 Å². The minimum Gasteiger partial charge on any atom is -0.443 e. The number of benzene rings is 1. The van der Waals surface area contributed by atoms with E-state index in [1.165, 1.54) is 17.5 Å². The van der Waals surface area contributed by atoms with E-state index >= 15 is 0 Å². The number of carbonyl (C=O) groups is 1. The van der Waals surface area contributed by atoms with Crippen molar-refractivity contribution in [3.05, 3.63) is 54.0 Å². The van der Waals surface area contributed by atoms with Crippen molar-refractivity contribution < 1.29 is 23.1 Å². The number of amides is 1. The zero-order valence-corrected chi connectivity index (χ0v) is 22.6. The van der Waals surface area contributed by atoms with E-state index in [4.69, 9.17) is 9.88 Å². The highest BCUT2D eigenvalue weighted by Gasteiger charge is 2.40. The molecule has 2 aliphatic carbocycles. The van der Waals surface area contributed by atoms with E-state index in [2.05, 4.69) is 33.5 Å². The molecule has 0 unspecified atom stereocenters. The van der Waals surface area contributed by atoms with Gasteiger partial charge < -0.3 is 19.7 Å². The number of aromatic nitrogens is 3. The minimum absolute atomic E-state index is 0.150. The smallest absolute Gasteiger partial charge is 0.425 e. The lowest BCUT2D eigenvalue weighted by Crippen LogP contribution is -2.47. The summed E-state index contributed by atoms with van der Waals surface area (Å²) in [7, 11) is -4.38. The van der Waals surface area contributed by atoms with Gasteiger partial charge in [-0.1, -0.05) is 24.3 Å². The van der Waals surface area contributed by atoms with E-state index in [-0.39, 0.29) is 18.6 Å². The number of aliphatic hydroxyl groups excluding tert-OH is 1. The molecule has 4 atom stereocenters. The summed E-state index contributed by atoms with van der Waals surface area (Å²) in [6.45, 7) is 4.65. The molecule has 0 saturated heterocycles. The molecule has 0 aliphatic heterocycles. The third-order valence-corrected chi connectivity index (χ3v) is 8.20. The highest BCUT2D eigenvalue weighted by molar-refractivity contribution is 7.87. The van der Waals surface area contributed by atoms with Crippen LogP contribution in [0.15, 0.2) is 42.9 Å². The van der Waals surface area contributed by atoms with Crippen molar-refractivity contribution in [3.8, 4) is 0 Å². The zero-order valence-electron chi connectivity index (χ0n) is 21.7. The molecule has 2 heterocycles. The van der Waals surface area contributed by atoms with Gasteiger partial charge in [-0.15, -0.1) is 0 Å². The Kier molecular flexibility index (Phi) is 6.82. The maximum Gasteiger partial charge on any atom is 0.425 e. The second-order valence-corrected chi connectivity index (χ2v) is 12.6. The molecule has 3 aromatic rings. The van der Waals surface area contributed by atoms with Crippen molar-refractivity contribution in [2.75, 3.05) is 11.9 Å². The minimum atomic E-state index is -4.38. The van der Waals surface area contributed by atoms with E-state index in [0.717, 1.165) is 29.7 Å². The summed E-state index contributed by atoms with van der Waals surface area (Å²) in [6.07, 6.45) is 4.36.